The molecule has 8 heteroatoms. The summed E-state index contributed by atoms with van der Waals surface area (Å²) in [4.78, 5) is 27.9. The number of ether oxygens (including phenoxy) is 2. The molecule has 0 saturated carbocycles. The van der Waals surface area contributed by atoms with Gasteiger partial charge in [-0.05, 0) is 98.1 Å². The molecule has 1 aliphatic rings. The zero-order valence-electron chi connectivity index (χ0n) is 22.6. The molecule has 0 aliphatic carbocycles. The average Bonchev–Trinajstić information content (AvgIpc) is 2.95. The third-order valence-corrected chi connectivity index (χ3v) is 6.79. The fourth-order valence-corrected chi connectivity index (χ4v) is 4.61. The molecule has 3 N–H and O–H groups in total. The number of nitrogens with zero attached hydrogens (tertiary/aromatic N) is 1. The smallest absolute Gasteiger partial charge is 0.262 e. The molecule has 1 heterocycles. The van der Waals surface area contributed by atoms with Crippen LogP contribution >= 0.6 is 0 Å². The number of aryl methyl sites for hydroxylation is 2. The van der Waals surface area contributed by atoms with Gasteiger partial charge in [-0.1, -0.05) is 24.3 Å². The summed E-state index contributed by atoms with van der Waals surface area (Å²) >= 11 is 0. The highest BCUT2D eigenvalue weighted by Crippen LogP contribution is 2.39. The SMILES string of the molecule is CCOc1cc([C@@H]2Nc3ccccc3C(=O)N2c2ccc(O)cc2)ccc1OCC(=O)Nc1ccc(C)c(C)c1. The van der Waals surface area contributed by atoms with Crippen molar-refractivity contribution in [1.82, 2.24) is 0 Å². The number of hydrogen-bond acceptors (Lipinski definition) is 6. The van der Waals surface area contributed by atoms with E-state index in [1.165, 1.54) is 0 Å². The third-order valence-electron chi connectivity index (χ3n) is 6.79. The first-order valence-electron chi connectivity index (χ1n) is 13.1. The highest BCUT2D eigenvalue weighted by molar-refractivity contribution is 6.12. The predicted octanol–water partition coefficient (Wildman–Crippen LogP) is 6.20. The summed E-state index contributed by atoms with van der Waals surface area (Å²) in [5.74, 6) is 0.521. The molecule has 204 valence electrons. The molecule has 2 amide bonds. The Morgan fingerprint density at radius 3 is 2.45 bits per heavy atom. The monoisotopic (exact) mass is 537 g/mol. The van der Waals surface area contributed by atoms with Gasteiger partial charge in [0, 0.05) is 17.1 Å². The molecule has 8 nitrogen and oxygen atoms in total. The van der Waals surface area contributed by atoms with Crippen LogP contribution in [-0.2, 0) is 4.79 Å². The van der Waals surface area contributed by atoms with Crippen molar-refractivity contribution in [3.05, 3.63) is 107 Å². The van der Waals surface area contributed by atoms with Gasteiger partial charge in [-0.2, -0.15) is 0 Å². The van der Waals surface area contributed by atoms with Crippen LogP contribution in [0.2, 0.25) is 0 Å². The van der Waals surface area contributed by atoms with Gasteiger partial charge < -0.3 is 25.2 Å². The average molecular weight is 538 g/mol. The van der Waals surface area contributed by atoms with Crippen LogP contribution in [0.3, 0.4) is 0 Å². The van der Waals surface area contributed by atoms with Crippen LogP contribution in [0.1, 0.15) is 40.1 Å². The molecule has 1 aliphatic heterocycles. The summed E-state index contributed by atoms with van der Waals surface area (Å²) in [5.41, 5.74) is 5.59. The molecular formula is C32H31N3O5. The predicted molar refractivity (Wildman–Crippen MR) is 155 cm³/mol. The molecule has 40 heavy (non-hydrogen) atoms. The number of carbonyl (C=O) groups is 2. The quantitative estimate of drug-likeness (QED) is 0.248. The van der Waals surface area contributed by atoms with Gasteiger partial charge in [-0.25, -0.2) is 0 Å². The Kier molecular flexibility index (Phi) is 7.59. The maximum absolute atomic E-state index is 13.7. The number of phenols is 1. The van der Waals surface area contributed by atoms with E-state index in [4.69, 9.17) is 9.47 Å². The zero-order chi connectivity index (χ0) is 28.2. The summed E-state index contributed by atoms with van der Waals surface area (Å²) in [6.07, 6.45) is -0.562. The number of amides is 2. The first kappa shape index (κ1) is 26.6. The number of para-hydroxylation sites is 1. The minimum atomic E-state index is -0.562. The molecule has 0 bridgehead atoms. The van der Waals surface area contributed by atoms with Crippen molar-refractivity contribution >= 4 is 28.9 Å². The number of phenolic OH excluding ortho intramolecular Hbond substituents is 1. The van der Waals surface area contributed by atoms with E-state index in [-0.39, 0.29) is 24.2 Å². The number of aromatic hydroxyl groups is 1. The lowest BCUT2D eigenvalue weighted by atomic mass is 10.0. The second-order valence-corrected chi connectivity index (χ2v) is 9.56. The Balaban J connectivity index is 1.41. The molecule has 0 fully saturated rings. The van der Waals surface area contributed by atoms with Crippen molar-refractivity contribution in [3.63, 3.8) is 0 Å². The van der Waals surface area contributed by atoms with Gasteiger partial charge in [0.1, 0.15) is 11.9 Å². The van der Waals surface area contributed by atoms with Crippen LogP contribution in [0.4, 0.5) is 17.1 Å². The second-order valence-electron chi connectivity index (χ2n) is 9.56. The van der Waals surface area contributed by atoms with E-state index in [1.807, 2.05) is 69.3 Å². The molecule has 4 aromatic rings. The maximum atomic E-state index is 13.7. The molecule has 0 unspecified atom stereocenters. The van der Waals surface area contributed by atoms with Gasteiger partial charge in [-0.15, -0.1) is 0 Å². The number of benzene rings is 4. The maximum Gasteiger partial charge on any atom is 0.262 e. The molecule has 0 radical (unpaired) electrons. The molecule has 0 aromatic heterocycles. The van der Waals surface area contributed by atoms with Crippen LogP contribution in [0.5, 0.6) is 17.2 Å². The van der Waals surface area contributed by atoms with Crippen LogP contribution < -0.4 is 25.0 Å². The van der Waals surface area contributed by atoms with E-state index in [0.29, 0.717) is 40.7 Å². The van der Waals surface area contributed by atoms with Crippen molar-refractivity contribution in [2.24, 2.45) is 0 Å². The van der Waals surface area contributed by atoms with Gasteiger partial charge in [0.2, 0.25) is 0 Å². The van der Waals surface area contributed by atoms with Crippen LogP contribution in [0, 0.1) is 13.8 Å². The van der Waals surface area contributed by atoms with Crippen LogP contribution in [-0.4, -0.2) is 30.1 Å². The number of hydrogen-bond donors (Lipinski definition) is 3. The number of anilines is 3. The highest BCUT2D eigenvalue weighted by atomic mass is 16.5. The van der Waals surface area contributed by atoms with Gasteiger partial charge in [0.05, 0.1) is 12.2 Å². The fourth-order valence-electron chi connectivity index (χ4n) is 4.61. The van der Waals surface area contributed by atoms with E-state index < -0.39 is 6.17 Å². The number of nitrogens with one attached hydrogen (secondary N) is 2. The number of carbonyl (C=O) groups excluding carboxylic acids is 2. The Hall–Kier alpha value is -4.98. The van der Waals surface area contributed by atoms with Crippen molar-refractivity contribution in [2.75, 3.05) is 28.7 Å². The lowest BCUT2D eigenvalue weighted by molar-refractivity contribution is -0.118. The second kappa shape index (κ2) is 11.4. The van der Waals surface area contributed by atoms with Crippen LogP contribution in [0.15, 0.2) is 84.9 Å². The van der Waals surface area contributed by atoms with E-state index >= 15 is 0 Å². The molecule has 0 spiro atoms. The summed E-state index contributed by atoms with van der Waals surface area (Å²) < 4.78 is 11.7. The summed E-state index contributed by atoms with van der Waals surface area (Å²) in [7, 11) is 0. The molecule has 1 atom stereocenters. The van der Waals surface area contributed by atoms with Gasteiger partial charge in [0.15, 0.2) is 18.1 Å². The van der Waals surface area contributed by atoms with E-state index in [0.717, 1.165) is 16.7 Å². The first-order chi connectivity index (χ1) is 19.3. The summed E-state index contributed by atoms with van der Waals surface area (Å²) in [6.45, 7) is 6.07. The highest BCUT2D eigenvalue weighted by Gasteiger charge is 2.34. The zero-order valence-corrected chi connectivity index (χ0v) is 22.6. The lowest BCUT2D eigenvalue weighted by Gasteiger charge is -2.38. The van der Waals surface area contributed by atoms with Crippen molar-refractivity contribution in [2.45, 2.75) is 26.9 Å². The molecule has 4 aromatic carbocycles. The van der Waals surface area contributed by atoms with Crippen molar-refractivity contribution in [1.29, 1.82) is 0 Å². The molecule has 0 saturated heterocycles. The Bertz CT molecular complexity index is 1550. The topological polar surface area (TPSA) is 100 Å². The Morgan fingerprint density at radius 1 is 0.925 bits per heavy atom. The van der Waals surface area contributed by atoms with Gasteiger partial charge >= 0.3 is 0 Å². The van der Waals surface area contributed by atoms with E-state index in [9.17, 15) is 14.7 Å². The van der Waals surface area contributed by atoms with Gasteiger partial charge in [-0.3, -0.25) is 14.5 Å². The summed E-state index contributed by atoms with van der Waals surface area (Å²) in [6, 6.07) is 25.0. The number of fused-ring (bicyclic) bond motifs is 1. The lowest BCUT2D eigenvalue weighted by Crippen LogP contribution is -2.43. The van der Waals surface area contributed by atoms with E-state index in [1.54, 1.807) is 41.3 Å². The normalized spacial score (nSPS) is 14.2. The largest absolute Gasteiger partial charge is 0.508 e. The Labute approximate surface area is 233 Å². The molecule has 5 rings (SSSR count). The summed E-state index contributed by atoms with van der Waals surface area (Å²) in [5, 5.41) is 16.1. The minimum absolute atomic E-state index is 0.111. The third kappa shape index (κ3) is 5.56. The Morgan fingerprint density at radius 2 is 1.70 bits per heavy atom. The number of rotatable bonds is 8. The first-order valence-corrected chi connectivity index (χ1v) is 13.1. The van der Waals surface area contributed by atoms with Crippen molar-refractivity contribution in [3.8, 4) is 17.2 Å². The van der Waals surface area contributed by atoms with Crippen LogP contribution in [0.25, 0.3) is 0 Å². The van der Waals surface area contributed by atoms with Gasteiger partial charge in [0.25, 0.3) is 11.8 Å². The van der Waals surface area contributed by atoms with E-state index in [2.05, 4.69) is 10.6 Å². The minimum Gasteiger partial charge on any atom is -0.508 e. The fraction of sp³-hybridized carbons (Fsp3) is 0.188. The molecular weight excluding hydrogens is 506 g/mol. The van der Waals surface area contributed by atoms with Crippen molar-refractivity contribution < 1.29 is 24.2 Å². The standard InChI is InChI=1S/C32H31N3O5/c1-4-39-29-18-22(10-16-28(29)40-19-30(37)33-23-11-9-20(2)21(3)17-23)31-34-27-8-6-5-7-26(27)32(38)35(31)24-12-14-25(36)15-13-24/h5-18,31,34,36H,4,19H2,1-3H3,(H,33,37)/t31-/m1/s1.